The first kappa shape index (κ1) is 18.6. The second-order valence-electron chi connectivity index (χ2n) is 7.80. The van der Waals surface area contributed by atoms with Crippen LogP contribution in [-0.4, -0.2) is 34.6 Å². The van der Waals surface area contributed by atoms with Crippen LogP contribution < -0.4 is 0 Å². The van der Waals surface area contributed by atoms with Crippen molar-refractivity contribution in [1.82, 2.24) is 4.90 Å². The minimum atomic E-state index is -0.984. The van der Waals surface area contributed by atoms with Gasteiger partial charge in [-0.3, -0.25) is 4.79 Å². The highest BCUT2D eigenvalue weighted by molar-refractivity contribution is 5.94. The molecule has 1 aliphatic rings. The Morgan fingerprint density at radius 1 is 1.23 bits per heavy atom. The average molecular weight is 355 g/mol. The van der Waals surface area contributed by atoms with Crippen LogP contribution in [-0.2, 0) is 6.42 Å². The molecule has 1 atom stereocenters. The monoisotopic (exact) mass is 355 g/mol. The van der Waals surface area contributed by atoms with Crippen molar-refractivity contribution in [3.8, 4) is 0 Å². The van der Waals surface area contributed by atoms with E-state index >= 15 is 0 Å². The molecule has 2 aromatic rings. The Bertz CT molecular complexity index is 767. The van der Waals surface area contributed by atoms with Crippen molar-refractivity contribution < 1.29 is 14.3 Å². The van der Waals surface area contributed by atoms with Crippen molar-refractivity contribution in [3.05, 3.63) is 71.0 Å². The van der Waals surface area contributed by atoms with Gasteiger partial charge in [-0.25, -0.2) is 4.39 Å². The molecule has 3 nitrogen and oxygen atoms in total. The molecule has 1 N–H and O–H groups in total. The summed E-state index contributed by atoms with van der Waals surface area (Å²) in [7, 11) is 0. The van der Waals surface area contributed by atoms with Crippen LogP contribution in [0.25, 0.3) is 0 Å². The number of piperidine rings is 1. The predicted molar refractivity (Wildman–Crippen MR) is 101 cm³/mol. The molecule has 0 aromatic heterocycles. The van der Waals surface area contributed by atoms with E-state index in [1.165, 1.54) is 11.6 Å². The number of likely N-dealkylation sites (tertiary alicyclic amines) is 1. The van der Waals surface area contributed by atoms with Gasteiger partial charge in [-0.2, -0.15) is 0 Å². The summed E-state index contributed by atoms with van der Waals surface area (Å²) < 4.78 is 14.4. The highest BCUT2D eigenvalue weighted by atomic mass is 19.1. The number of hydrogen-bond acceptors (Lipinski definition) is 2. The molecule has 1 amide bonds. The van der Waals surface area contributed by atoms with Gasteiger partial charge >= 0.3 is 0 Å². The molecule has 2 aromatic carbocycles. The van der Waals surface area contributed by atoms with E-state index in [4.69, 9.17) is 0 Å². The summed E-state index contributed by atoms with van der Waals surface area (Å²) in [5.41, 5.74) is 1.06. The fraction of sp³-hybridized carbons (Fsp3) is 0.409. The number of rotatable bonds is 4. The van der Waals surface area contributed by atoms with Crippen molar-refractivity contribution >= 4 is 5.91 Å². The molecule has 0 spiro atoms. The fourth-order valence-corrected chi connectivity index (χ4v) is 3.63. The van der Waals surface area contributed by atoms with Crippen molar-refractivity contribution in [2.45, 2.75) is 44.6 Å². The zero-order valence-corrected chi connectivity index (χ0v) is 15.4. The summed E-state index contributed by atoms with van der Waals surface area (Å²) in [6.45, 7) is 4.65. The third kappa shape index (κ3) is 4.50. The summed E-state index contributed by atoms with van der Waals surface area (Å²) in [6.07, 6.45) is 2.23. The van der Waals surface area contributed by atoms with Crippen LogP contribution in [0.2, 0.25) is 0 Å². The Morgan fingerprint density at radius 2 is 1.96 bits per heavy atom. The van der Waals surface area contributed by atoms with Crippen molar-refractivity contribution in [1.29, 1.82) is 0 Å². The summed E-state index contributed by atoms with van der Waals surface area (Å²) in [5.74, 6) is -0.234. The summed E-state index contributed by atoms with van der Waals surface area (Å²) >= 11 is 0. The van der Waals surface area contributed by atoms with E-state index in [0.717, 1.165) is 12.8 Å². The van der Waals surface area contributed by atoms with Gasteiger partial charge in [-0.15, -0.1) is 0 Å². The van der Waals surface area contributed by atoms with Gasteiger partial charge in [0.05, 0.1) is 5.60 Å². The lowest BCUT2D eigenvalue weighted by molar-refractivity contribution is 0.0706. The lowest BCUT2D eigenvalue weighted by Gasteiger charge is -2.33. The van der Waals surface area contributed by atoms with Crippen LogP contribution in [0.15, 0.2) is 48.5 Å². The Kier molecular flexibility index (Phi) is 5.42. The van der Waals surface area contributed by atoms with E-state index in [9.17, 15) is 14.3 Å². The van der Waals surface area contributed by atoms with Crippen LogP contribution in [0, 0.1) is 5.82 Å². The molecule has 138 valence electrons. The Balaban J connectivity index is 1.73. The molecule has 1 saturated heterocycles. The third-order valence-corrected chi connectivity index (χ3v) is 4.90. The maximum absolute atomic E-state index is 14.4. The smallest absolute Gasteiger partial charge is 0.253 e. The molecule has 0 saturated carbocycles. The Morgan fingerprint density at radius 3 is 2.62 bits per heavy atom. The first-order valence-electron chi connectivity index (χ1n) is 9.18. The number of carbonyl (C=O) groups is 1. The second-order valence-corrected chi connectivity index (χ2v) is 7.80. The maximum atomic E-state index is 14.4. The van der Waals surface area contributed by atoms with Crippen molar-refractivity contribution in [3.63, 3.8) is 0 Å². The Hall–Kier alpha value is -2.20. The number of hydrogen-bond donors (Lipinski definition) is 1. The minimum Gasteiger partial charge on any atom is -0.390 e. The van der Waals surface area contributed by atoms with E-state index in [0.29, 0.717) is 30.1 Å². The van der Waals surface area contributed by atoms with Crippen LogP contribution in [0.5, 0.6) is 0 Å². The molecule has 1 heterocycles. The molecule has 3 rings (SSSR count). The van der Waals surface area contributed by atoms with Gasteiger partial charge in [0.1, 0.15) is 5.82 Å². The molecule has 0 aliphatic carbocycles. The zero-order valence-electron chi connectivity index (χ0n) is 15.4. The molecule has 0 bridgehead atoms. The van der Waals surface area contributed by atoms with E-state index in [2.05, 4.69) is 12.1 Å². The highest BCUT2D eigenvalue weighted by Crippen LogP contribution is 2.28. The van der Waals surface area contributed by atoms with Crippen LogP contribution >= 0.6 is 0 Å². The van der Waals surface area contributed by atoms with Gasteiger partial charge in [0, 0.05) is 31.0 Å². The summed E-state index contributed by atoms with van der Waals surface area (Å²) in [5, 5.41) is 9.87. The van der Waals surface area contributed by atoms with E-state index in [1.54, 1.807) is 26.0 Å². The summed E-state index contributed by atoms with van der Waals surface area (Å²) in [6, 6.07) is 14.8. The van der Waals surface area contributed by atoms with E-state index in [1.807, 2.05) is 23.1 Å². The topological polar surface area (TPSA) is 40.5 Å². The van der Waals surface area contributed by atoms with Crippen molar-refractivity contribution in [2.75, 3.05) is 13.1 Å². The van der Waals surface area contributed by atoms with E-state index < -0.39 is 11.4 Å². The number of halogens is 1. The van der Waals surface area contributed by atoms with Gasteiger partial charge in [-0.05, 0) is 49.9 Å². The average Bonchev–Trinajstić information content (AvgIpc) is 2.62. The predicted octanol–water partition coefficient (Wildman–Crippen LogP) is 4.16. The van der Waals surface area contributed by atoms with Gasteiger partial charge < -0.3 is 10.0 Å². The molecular formula is C22H26FNO2. The quantitative estimate of drug-likeness (QED) is 0.895. The molecule has 0 radical (unpaired) electrons. The van der Waals surface area contributed by atoms with Crippen molar-refractivity contribution in [2.24, 2.45) is 0 Å². The third-order valence-electron chi connectivity index (χ3n) is 4.90. The highest BCUT2D eigenvalue weighted by Gasteiger charge is 2.26. The molecule has 26 heavy (non-hydrogen) atoms. The van der Waals surface area contributed by atoms with Gasteiger partial charge in [-0.1, -0.05) is 36.4 Å². The molecule has 1 fully saturated rings. The van der Waals surface area contributed by atoms with Crippen LogP contribution in [0.3, 0.4) is 0 Å². The lowest BCUT2D eigenvalue weighted by atomic mass is 9.90. The number of aliphatic hydroxyl groups is 1. The van der Waals surface area contributed by atoms with E-state index in [-0.39, 0.29) is 12.3 Å². The largest absolute Gasteiger partial charge is 0.390 e. The maximum Gasteiger partial charge on any atom is 0.253 e. The van der Waals surface area contributed by atoms with Gasteiger partial charge in [0.25, 0.3) is 5.91 Å². The van der Waals surface area contributed by atoms with Crippen LogP contribution in [0.1, 0.15) is 54.1 Å². The fourth-order valence-electron chi connectivity index (χ4n) is 3.63. The first-order chi connectivity index (χ1) is 12.3. The van der Waals surface area contributed by atoms with Gasteiger partial charge in [0.2, 0.25) is 0 Å². The molecule has 1 unspecified atom stereocenters. The molecule has 4 heteroatoms. The number of benzene rings is 2. The van der Waals surface area contributed by atoms with Crippen LogP contribution in [0.4, 0.5) is 4.39 Å². The molecule has 1 aliphatic heterocycles. The zero-order chi connectivity index (χ0) is 18.7. The SMILES string of the molecule is CC(C)(O)Cc1ccc(C(=O)N2CCCC(c3ccccc3)C2)cc1F. The van der Waals surface area contributed by atoms with Gasteiger partial charge in [0.15, 0.2) is 0 Å². The number of amides is 1. The summed E-state index contributed by atoms with van der Waals surface area (Å²) in [4.78, 5) is 14.7. The Labute approximate surface area is 154 Å². The first-order valence-corrected chi connectivity index (χ1v) is 9.18. The number of nitrogens with zero attached hydrogens (tertiary/aromatic N) is 1. The molecular weight excluding hydrogens is 329 g/mol. The standard InChI is InChI=1S/C22H26FNO2/c1-22(2,26)14-18-11-10-17(13-20(18)23)21(25)24-12-6-9-19(15-24)16-7-4-3-5-8-16/h3-5,7-8,10-11,13,19,26H,6,9,12,14-15H2,1-2H3. The normalized spacial score (nSPS) is 18.0. The minimum absolute atomic E-state index is 0.126. The second kappa shape index (κ2) is 7.58. The lowest BCUT2D eigenvalue weighted by Crippen LogP contribution is -2.39. The number of carbonyl (C=O) groups excluding carboxylic acids is 1.